The lowest BCUT2D eigenvalue weighted by molar-refractivity contribution is -0.929. The Kier molecular flexibility index (Phi) is 22.4. The normalized spacial score (nSPS) is 10.2. The average molecular weight is 366 g/mol. The maximum Gasteiger partial charge on any atom is 0.0786 e. The number of unbranched alkanes of at least 4 members (excludes halogenated alkanes) is 4. The molecule has 0 heterocycles. The summed E-state index contributed by atoms with van der Waals surface area (Å²) < 4.78 is 1.42. The van der Waals surface area contributed by atoms with Crippen LogP contribution in [0, 0.1) is 0 Å². The first-order valence-electron chi connectivity index (χ1n) is 10.6. The minimum absolute atomic E-state index is 0.500. The molecule has 1 aromatic rings. The summed E-state index contributed by atoms with van der Waals surface area (Å²) in [7, 11) is 0. The Balaban J connectivity index is 0. The van der Waals surface area contributed by atoms with Crippen molar-refractivity contribution in [2.75, 3.05) is 26.2 Å². The molecule has 1 aromatic carbocycles. The largest absolute Gasteiger partial charge is 0.554 e. The van der Waals surface area contributed by atoms with Gasteiger partial charge in [-0.15, -0.1) is 0 Å². The zero-order valence-corrected chi connectivity index (χ0v) is 17.8. The van der Waals surface area contributed by atoms with Crippen molar-refractivity contribution in [3.8, 4) is 0 Å². The zero-order valence-electron chi connectivity index (χ0n) is 17.8. The molecule has 0 saturated heterocycles. The van der Waals surface area contributed by atoms with Crippen LogP contribution in [0.15, 0.2) is 36.4 Å². The molecule has 0 aliphatic carbocycles. The highest BCUT2D eigenvalue weighted by Gasteiger charge is 2.24. The lowest BCUT2D eigenvalue weighted by atomic mass is 10.1. The van der Waals surface area contributed by atoms with E-state index in [0.29, 0.717) is 0 Å². The van der Waals surface area contributed by atoms with Crippen LogP contribution in [0.1, 0.15) is 79.1 Å². The Hall–Kier alpha value is -1.35. The van der Waals surface area contributed by atoms with Crippen LogP contribution < -0.4 is 5.11 Å². The van der Waals surface area contributed by atoms with E-state index < -0.39 is 6.47 Å². The molecule has 26 heavy (non-hydrogen) atoms. The maximum absolute atomic E-state index is 8.25. The first-order chi connectivity index (χ1) is 12.7. The third-order valence-electron chi connectivity index (χ3n) is 4.61. The van der Waals surface area contributed by atoms with Crippen molar-refractivity contribution in [1.82, 2.24) is 0 Å². The van der Waals surface area contributed by atoms with E-state index in [1.807, 2.05) is 36.4 Å². The van der Waals surface area contributed by atoms with E-state index in [4.69, 9.17) is 9.90 Å². The van der Waals surface area contributed by atoms with E-state index in [-0.39, 0.29) is 0 Å². The molecule has 3 heteroatoms. The highest BCUT2D eigenvalue weighted by Crippen LogP contribution is 2.16. The molecule has 0 bridgehead atoms. The Morgan fingerprint density at radius 3 is 0.962 bits per heavy atom. The standard InChI is InChI=1S/C16H36N.C6H6.CH2O2/c1-5-9-13-17(14-10-6-2,15-11-7-3)16-12-8-4;1-2-4-6-5-3-1;2-1-3/h5-16H2,1-4H3;1-6H;1H,(H,2,3)/q+1;;/p-1. The van der Waals surface area contributed by atoms with Crippen molar-refractivity contribution < 1.29 is 14.4 Å². The van der Waals surface area contributed by atoms with Gasteiger partial charge in [0.05, 0.1) is 26.2 Å². The first kappa shape index (κ1) is 26.9. The Morgan fingerprint density at radius 1 is 0.615 bits per heavy atom. The molecule has 0 amide bonds. The van der Waals surface area contributed by atoms with Gasteiger partial charge in [-0.05, 0) is 25.7 Å². The third-order valence-corrected chi connectivity index (χ3v) is 4.61. The summed E-state index contributed by atoms with van der Waals surface area (Å²) in [5.74, 6) is 0. The predicted molar refractivity (Wildman–Crippen MR) is 112 cm³/mol. The minimum atomic E-state index is -0.500. The third kappa shape index (κ3) is 17.5. The predicted octanol–water partition coefficient (Wildman–Crippen LogP) is 5.06. The molecule has 0 N–H and O–H groups in total. The zero-order chi connectivity index (χ0) is 19.9. The Labute approximate surface area is 163 Å². The first-order valence-corrected chi connectivity index (χ1v) is 10.6. The molecule has 0 aliphatic rings. The second-order valence-electron chi connectivity index (χ2n) is 6.90. The SMILES string of the molecule is CCCC[N+](CCCC)(CCCC)CCCC.O=C[O-].c1ccccc1. The van der Waals surface area contributed by atoms with E-state index in [1.54, 1.807) is 0 Å². The van der Waals surface area contributed by atoms with Gasteiger partial charge in [-0.1, -0.05) is 89.8 Å². The van der Waals surface area contributed by atoms with Gasteiger partial charge >= 0.3 is 0 Å². The van der Waals surface area contributed by atoms with Gasteiger partial charge in [0.25, 0.3) is 0 Å². The number of carbonyl (C=O) groups is 1. The van der Waals surface area contributed by atoms with Crippen molar-refractivity contribution in [3.63, 3.8) is 0 Å². The molecular weight excluding hydrogens is 322 g/mol. The maximum atomic E-state index is 8.25. The molecule has 0 atom stereocenters. The summed E-state index contributed by atoms with van der Waals surface area (Å²) in [5, 5.41) is 8.25. The molecule has 0 radical (unpaired) electrons. The summed E-state index contributed by atoms with van der Waals surface area (Å²) in [4.78, 5) is 8.25. The second-order valence-corrected chi connectivity index (χ2v) is 6.90. The van der Waals surface area contributed by atoms with Gasteiger partial charge < -0.3 is 14.4 Å². The van der Waals surface area contributed by atoms with E-state index in [9.17, 15) is 0 Å². The molecule has 0 fully saturated rings. The number of hydrogen-bond acceptors (Lipinski definition) is 2. The average Bonchev–Trinajstić information content (AvgIpc) is 2.69. The molecule has 0 unspecified atom stereocenters. The number of benzene rings is 1. The van der Waals surface area contributed by atoms with Crippen LogP contribution in [0.25, 0.3) is 0 Å². The van der Waals surface area contributed by atoms with Crippen molar-refractivity contribution in [2.45, 2.75) is 79.1 Å². The molecule has 0 aromatic heterocycles. The van der Waals surface area contributed by atoms with Crippen LogP contribution in [0.5, 0.6) is 0 Å². The summed E-state index contributed by atoms with van der Waals surface area (Å²) in [6.07, 6.45) is 11.1. The topological polar surface area (TPSA) is 40.1 Å². The number of nitrogens with zero attached hydrogens (tertiary/aromatic N) is 1. The molecule has 0 saturated carbocycles. The van der Waals surface area contributed by atoms with Gasteiger partial charge in [-0.25, -0.2) is 0 Å². The second kappa shape index (κ2) is 21.7. The molecule has 3 nitrogen and oxygen atoms in total. The van der Waals surface area contributed by atoms with Crippen LogP contribution in [0.3, 0.4) is 0 Å². The lowest BCUT2D eigenvalue weighted by Crippen LogP contribution is -2.50. The van der Waals surface area contributed by atoms with E-state index in [2.05, 4.69) is 27.7 Å². The molecule has 0 spiro atoms. The van der Waals surface area contributed by atoms with Gasteiger partial charge in [0.1, 0.15) is 0 Å². The fourth-order valence-corrected chi connectivity index (χ4v) is 3.03. The fraction of sp³-hybridized carbons (Fsp3) is 0.696. The Bertz CT molecular complexity index is 304. The number of hydrogen-bond donors (Lipinski definition) is 0. The van der Waals surface area contributed by atoms with E-state index in [1.165, 1.54) is 82.0 Å². The highest BCUT2D eigenvalue weighted by molar-refractivity contribution is 5.29. The van der Waals surface area contributed by atoms with Gasteiger partial charge in [-0.3, -0.25) is 0 Å². The van der Waals surface area contributed by atoms with Crippen LogP contribution in [0.2, 0.25) is 0 Å². The van der Waals surface area contributed by atoms with Crippen LogP contribution >= 0.6 is 0 Å². The summed E-state index contributed by atoms with van der Waals surface area (Å²) >= 11 is 0. The summed E-state index contributed by atoms with van der Waals surface area (Å²) in [6, 6.07) is 12.0. The summed E-state index contributed by atoms with van der Waals surface area (Å²) in [6.45, 7) is 14.5. The molecule has 0 aliphatic heterocycles. The van der Waals surface area contributed by atoms with Crippen LogP contribution in [0.4, 0.5) is 0 Å². The lowest BCUT2D eigenvalue weighted by Gasteiger charge is -2.39. The highest BCUT2D eigenvalue weighted by atomic mass is 16.3. The summed E-state index contributed by atoms with van der Waals surface area (Å²) in [5.41, 5.74) is 0. The number of quaternary nitrogens is 1. The van der Waals surface area contributed by atoms with Gasteiger partial charge in [-0.2, -0.15) is 0 Å². The minimum Gasteiger partial charge on any atom is -0.554 e. The number of carboxylic acid groups (broad SMARTS) is 1. The van der Waals surface area contributed by atoms with Crippen LogP contribution in [-0.2, 0) is 4.79 Å². The van der Waals surface area contributed by atoms with Gasteiger partial charge in [0, 0.05) is 6.47 Å². The van der Waals surface area contributed by atoms with Crippen LogP contribution in [-0.4, -0.2) is 37.1 Å². The number of rotatable bonds is 12. The molecular formula is C23H43NO2. The monoisotopic (exact) mass is 365 g/mol. The quantitative estimate of drug-likeness (QED) is 0.384. The van der Waals surface area contributed by atoms with Crippen molar-refractivity contribution in [2.24, 2.45) is 0 Å². The van der Waals surface area contributed by atoms with Crippen molar-refractivity contribution in [3.05, 3.63) is 36.4 Å². The Morgan fingerprint density at radius 2 is 0.808 bits per heavy atom. The molecule has 152 valence electrons. The number of carbonyl (C=O) groups excluding carboxylic acids is 1. The van der Waals surface area contributed by atoms with Crippen molar-refractivity contribution in [1.29, 1.82) is 0 Å². The van der Waals surface area contributed by atoms with E-state index >= 15 is 0 Å². The fourth-order valence-electron chi connectivity index (χ4n) is 3.03. The van der Waals surface area contributed by atoms with Gasteiger partial charge in [0.2, 0.25) is 0 Å². The molecule has 1 rings (SSSR count). The van der Waals surface area contributed by atoms with Gasteiger partial charge in [0.15, 0.2) is 0 Å². The smallest absolute Gasteiger partial charge is 0.0786 e. The van der Waals surface area contributed by atoms with Crippen molar-refractivity contribution >= 4 is 6.47 Å². The van der Waals surface area contributed by atoms with E-state index in [0.717, 1.165) is 0 Å².